The number of para-hydroxylation sites is 1. The Hall–Kier alpha value is -2.02. The SMILES string of the molecule is C=CCc1ccc2c(c1)oc1ccccc12. The van der Waals surface area contributed by atoms with Gasteiger partial charge in [-0.25, -0.2) is 0 Å². The predicted octanol–water partition coefficient (Wildman–Crippen LogP) is 4.31. The molecule has 0 fully saturated rings. The number of rotatable bonds is 2. The molecule has 3 rings (SSSR count). The molecule has 0 atom stereocenters. The number of hydrogen-bond donors (Lipinski definition) is 0. The van der Waals surface area contributed by atoms with Crippen LogP contribution in [0.3, 0.4) is 0 Å². The number of benzene rings is 2. The molecule has 78 valence electrons. The van der Waals surface area contributed by atoms with Gasteiger partial charge in [-0.3, -0.25) is 0 Å². The van der Waals surface area contributed by atoms with E-state index in [1.807, 2.05) is 24.3 Å². The minimum atomic E-state index is 0.882. The number of hydrogen-bond acceptors (Lipinski definition) is 1. The lowest BCUT2D eigenvalue weighted by Gasteiger charge is -1.95. The quantitative estimate of drug-likeness (QED) is 0.572. The summed E-state index contributed by atoms with van der Waals surface area (Å²) in [5, 5.41) is 2.37. The van der Waals surface area contributed by atoms with E-state index in [1.54, 1.807) is 0 Å². The molecule has 0 aliphatic heterocycles. The van der Waals surface area contributed by atoms with Crippen molar-refractivity contribution in [2.24, 2.45) is 0 Å². The molecule has 0 saturated heterocycles. The van der Waals surface area contributed by atoms with Crippen molar-refractivity contribution in [2.45, 2.75) is 6.42 Å². The molecule has 0 amide bonds. The van der Waals surface area contributed by atoms with Crippen LogP contribution >= 0.6 is 0 Å². The molecular formula is C15H12O. The van der Waals surface area contributed by atoms with Crippen LogP contribution in [-0.2, 0) is 6.42 Å². The first-order valence-corrected chi connectivity index (χ1v) is 5.39. The van der Waals surface area contributed by atoms with E-state index in [4.69, 9.17) is 4.42 Å². The maximum atomic E-state index is 5.81. The molecule has 0 aliphatic rings. The summed E-state index contributed by atoms with van der Waals surface area (Å²) in [4.78, 5) is 0. The van der Waals surface area contributed by atoms with Crippen molar-refractivity contribution >= 4 is 21.9 Å². The van der Waals surface area contributed by atoms with Gasteiger partial charge in [0.2, 0.25) is 0 Å². The van der Waals surface area contributed by atoms with E-state index in [9.17, 15) is 0 Å². The highest BCUT2D eigenvalue weighted by Crippen LogP contribution is 2.29. The average Bonchev–Trinajstić information content (AvgIpc) is 2.67. The third-order valence-electron chi connectivity index (χ3n) is 2.82. The van der Waals surface area contributed by atoms with Crippen LogP contribution in [0.1, 0.15) is 5.56 Å². The smallest absolute Gasteiger partial charge is 0.135 e. The molecule has 1 heteroatoms. The van der Waals surface area contributed by atoms with Crippen LogP contribution in [0.2, 0.25) is 0 Å². The van der Waals surface area contributed by atoms with Gasteiger partial charge in [-0.2, -0.15) is 0 Å². The van der Waals surface area contributed by atoms with Gasteiger partial charge >= 0.3 is 0 Å². The van der Waals surface area contributed by atoms with Crippen LogP contribution in [-0.4, -0.2) is 0 Å². The molecule has 2 aromatic carbocycles. The van der Waals surface area contributed by atoms with Crippen LogP contribution in [0, 0.1) is 0 Å². The Bertz CT molecular complexity index is 661. The fourth-order valence-corrected chi connectivity index (χ4v) is 2.06. The van der Waals surface area contributed by atoms with E-state index in [1.165, 1.54) is 16.3 Å². The minimum absolute atomic E-state index is 0.882. The maximum Gasteiger partial charge on any atom is 0.135 e. The van der Waals surface area contributed by atoms with Gasteiger partial charge in [-0.1, -0.05) is 36.4 Å². The normalized spacial score (nSPS) is 11.0. The van der Waals surface area contributed by atoms with Gasteiger partial charge in [0, 0.05) is 10.8 Å². The van der Waals surface area contributed by atoms with Crippen molar-refractivity contribution in [1.29, 1.82) is 0 Å². The van der Waals surface area contributed by atoms with E-state index >= 15 is 0 Å². The lowest BCUT2D eigenvalue weighted by atomic mass is 10.1. The first-order chi connectivity index (χ1) is 7.88. The molecule has 0 radical (unpaired) electrons. The van der Waals surface area contributed by atoms with Crippen molar-refractivity contribution in [3.63, 3.8) is 0 Å². The highest BCUT2D eigenvalue weighted by Gasteiger charge is 2.05. The molecule has 16 heavy (non-hydrogen) atoms. The second-order valence-corrected chi connectivity index (χ2v) is 3.92. The summed E-state index contributed by atoms with van der Waals surface area (Å²) in [6.45, 7) is 3.75. The van der Waals surface area contributed by atoms with Gasteiger partial charge in [-0.15, -0.1) is 6.58 Å². The minimum Gasteiger partial charge on any atom is -0.456 e. The number of allylic oxidation sites excluding steroid dienone is 1. The van der Waals surface area contributed by atoms with Crippen molar-refractivity contribution < 1.29 is 4.42 Å². The zero-order valence-electron chi connectivity index (χ0n) is 8.94. The van der Waals surface area contributed by atoms with Crippen LogP contribution < -0.4 is 0 Å². The highest BCUT2D eigenvalue weighted by molar-refractivity contribution is 6.04. The van der Waals surface area contributed by atoms with E-state index in [0.717, 1.165) is 17.6 Å². The third kappa shape index (κ3) is 1.33. The summed E-state index contributed by atoms with van der Waals surface area (Å²) < 4.78 is 5.81. The second-order valence-electron chi connectivity index (χ2n) is 3.92. The summed E-state index contributed by atoms with van der Waals surface area (Å²) >= 11 is 0. The van der Waals surface area contributed by atoms with Crippen molar-refractivity contribution in [3.8, 4) is 0 Å². The molecule has 0 unspecified atom stereocenters. The second kappa shape index (κ2) is 3.53. The fraction of sp³-hybridized carbons (Fsp3) is 0.0667. The lowest BCUT2D eigenvalue weighted by molar-refractivity contribution is 0.668. The van der Waals surface area contributed by atoms with E-state index in [0.29, 0.717) is 0 Å². The van der Waals surface area contributed by atoms with Gasteiger partial charge in [0.1, 0.15) is 11.2 Å². The van der Waals surface area contributed by atoms with Crippen LogP contribution in [0.4, 0.5) is 0 Å². The summed E-state index contributed by atoms with van der Waals surface area (Å²) in [5.41, 5.74) is 3.15. The average molecular weight is 208 g/mol. The molecule has 1 aromatic heterocycles. The third-order valence-corrected chi connectivity index (χ3v) is 2.82. The molecule has 3 aromatic rings. The van der Waals surface area contributed by atoms with Gasteiger partial charge in [0.15, 0.2) is 0 Å². The molecule has 1 nitrogen and oxygen atoms in total. The molecular weight excluding hydrogens is 196 g/mol. The largest absolute Gasteiger partial charge is 0.456 e. The van der Waals surface area contributed by atoms with Gasteiger partial charge in [0.25, 0.3) is 0 Å². The Kier molecular flexibility index (Phi) is 2.03. The Morgan fingerprint density at radius 2 is 1.81 bits per heavy atom. The van der Waals surface area contributed by atoms with Crippen molar-refractivity contribution in [3.05, 3.63) is 60.7 Å². The first kappa shape index (κ1) is 9.22. The van der Waals surface area contributed by atoms with Gasteiger partial charge in [-0.05, 0) is 24.1 Å². The van der Waals surface area contributed by atoms with Crippen LogP contribution in [0.15, 0.2) is 59.5 Å². The summed E-state index contributed by atoms with van der Waals surface area (Å²) in [6.07, 6.45) is 2.79. The predicted molar refractivity (Wildman–Crippen MR) is 67.6 cm³/mol. The Morgan fingerprint density at radius 1 is 1.00 bits per heavy atom. The molecule has 0 spiro atoms. The highest BCUT2D eigenvalue weighted by atomic mass is 16.3. The van der Waals surface area contributed by atoms with Crippen LogP contribution in [0.25, 0.3) is 21.9 Å². The monoisotopic (exact) mass is 208 g/mol. The van der Waals surface area contributed by atoms with Crippen molar-refractivity contribution in [1.82, 2.24) is 0 Å². The van der Waals surface area contributed by atoms with Gasteiger partial charge in [0.05, 0.1) is 0 Å². The maximum absolute atomic E-state index is 5.81. The zero-order chi connectivity index (χ0) is 11.0. The van der Waals surface area contributed by atoms with Crippen LogP contribution in [0.5, 0.6) is 0 Å². The molecule has 1 heterocycles. The Morgan fingerprint density at radius 3 is 2.69 bits per heavy atom. The zero-order valence-corrected chi connectivity index (χ0v) is 8.94. The summed E-state index contributed by atoms with van der Waals surface area (Å²) in [6, 6.07) is 14.5. The van der Waals surface area contributed by atoms with E-state index < -0.39 is 0 Å². The molecule has 0 aliphatic carbocycles. The summed E-state index contributed by atoms with van der Waals surface area (Å²) in [7, 11) is 0. The lowest BCUT2D eigenvalue weighted by Crippen LogP contribution is -1.78. The fourth-order valence-electron chi connectivity index (χ4n) is 2.06. The first-order valence-electron chi connectivity index (χ1n) is 5.39. The molecule has 0 bridgehead atoms. The molecule has 0 N–H and O–H groups in total. The Balaban J connectivity index is 2.32. The van der Waals surface area contributed by atoms with E-state index in [-0.39, 0.29) is 0 Å². The number of furan rings is 1. The van der Waals surface area contributed by atoms with E-state index in [2.05, 4.69) is 30.8 Å². The Labute approximate surface area is 94.0 Å². The standard InChI is InChI=1S/C15H12O/c1-2-5-11-8-9-13-12-6-3-4-7-14(12)16-15(13)10-11/h2-4,6-10H,1,5H2. The summed E-state index contributed by atoms with van der Waals surface area (Å²) in [5.74, 6) is 0. The molecule has 0 saturated carbocycles. The van der Waals surface area contributed by atoms with Crippen molar-refractivity contribution in [2.75, 3.05) is 0 Å². The number of fused-ring (bicyclic) bond motifs is 3. The topological polar surface area (TPSA) is 13.1 Å². The van der Waals surface area contributed by atoms with Gasteiger partial charge < -0.3 is 4.42 Å².